The number of hydrogen-bond acceptors (Lipinski definition) is 5. The van der Waals surface area contributed by atoms with Crippen molar-refractivity contribution in [3.63, 3.8) is 0 Å². The van der Waals surface area contributed by atoms with Crippen LogP contribution in [0.2, 0.25) is 0 Å². The molecule has 2 heterocycles. The molecule has 1 aromatic heterocycles. The lowest BCUT2D eigenvalue weighted by Gasteiger charge is -2.04. The van der Waals surface area contributed by atoms with E-state index in [1.807, 2.05) is 24.3 Å². The van der Waals surface area contributed by atoms with E-state index in [9.17, 15) is 9.59 Å². The van der Waals surface area contributed by atoms with Gasteiger partial charge in [-0.25, -0.2) is 0 Å². The molecule has 0 amide bonds. The molecular weight excluding hydrogens is 324 g/mol. The molecule has 0 bridgehead atoms. The molecule has 1 aliphatic rings. The van der Waals surface area contributed by atoms with Crippen molar-refractivity contribution in [1.82, 2.24) is 0 Å². The fourth-order valence-corrected chi connectivity index (χ4v) is 4.13. The van der Waals surface area contributed by atoms with Gasteiger partial charge in [0.2, 0.25) is 6.79 Å². The largest absolute Gasteiger partial charge is 0.454 e. The van der Waals surface area contributed by atoms with E-state index in [-0.39, 0.29) is 18.4 Å². The SMILES string of the molecule is CC(=O)c1ccc2sc(-c3ccc4c(c3)OCO4)c(C(C)=O)c2c1. The van der Waals surface area contributed by atoms with Crippen LogP contribution in [0, 0.1) is 0 Å². The summed E-state index contributed by atoms with van der Waals surface area (Å²) in [5, 5.41) is 0.827. The molecule has 0 atom stereocenters. The van der Waals surface area contributed by atoms with Crippen LogP contribution in [0.5, 0.6) is 11.5 Å². The van der Waals surface area contributed by atoms with Gasteiger partial charge in [-0.2, -0.15) is 0 Å². The fraction of sp³-hybridized carbons (Fsp3) is 0.158. The van der Waals surface area contributed by atoms with Gasteiger partial charge < -0.3 is 9.47 Å². The standard InChI is InChI=1S/C19H14O4S/c1-10(20)12-4-6-17-14(7-12)18(11(2)21)19(24-17)13-3-5-15-16(8-13)23-9-22-15/h3-8H,9H2,1-2H3. The molecule has 24 heavy (non-hydrogen) atoms. The van der Waals surface area contributed by atoms with Crippen molar-refractivity contribution in [2.75, 3.05) is 6.79 Å². The van der Waals surface area contributed by atoms with Gasteiger partial charge in [0.05, 0.1) is 0 Å². The van der Waals surface area contributed by atoms with Crippen molar-refractivity contribution in [3.8, 4) is 21.9 Å². The van der Waals surface area contributed by atoms with Crippen LogP contribution in [0.15, 0.2) is 36.4 Å². The van der Waals surface area contributed by atoms with Crippen molar-refractivity contribution in [2.24, 2.45) is 0 Å². The predicted molar refractivity (Wildman–Crippen MR) is 93.4 cm³/mol. The van der Waals surface area contributed by atoms with Crippen LogP contribution in [0.4, 0.5) is 0 Å². The first-order valence-corrected chi connectivity index (χ1v) is 8.34. The van der Waals surface area contributed by atoms with E-state index < -0.39 is 0 Å². The van der Waals surface area contributed by atoms with Gasteiger partial charge in [0.15, 0.2) is 23.1 Å². The molecule has 120 valence electrons. The summed E-state index contributed by atoms with van der Waals surface area (Å²) in [4.78, 5) is 24.8. The molecular formula is C19H14O4S. The summed E-state index contributed by atoms with van der Waals surface area (Å²) in [6, 6.07) is 11.2. The summed E-state index contributed by atoms with van der Waals surface area (Å²) in [6.07, 6.45) is 0. The molecule has 0 saturated heterocycles. The third-order valence-corrected chi connectivity index (χ3v) is 5.30. The Labute approximate surface area is 142 Å². The highest BCUT2D eigenvalue weighted by atomic mass is 32.1. The number of Topliss-reactive ketones (excluding diaryl/α,β-unsaturated/α-hetero) is 2. The normalized spacial score (nSPS) is 12.6. The molecule has 5 heteroatoms. The molecule has 4 nitrogen and oxygen atoms in total. The van der Waals surface area contributed by atoms with Gasteiger partial charge in [-0.1, -0.05) is 0 Å². The van der Waals surface area contributed by atoms with Gasteiger partial charge in [0, 0.05) is 26.1 Å². The predicted octanol–water partition coefficient (Wildman–Crippen LogP) is 4.70. The quantitative estimate of drug-likeness (QED) is 0.649. The highest BCUT2D eigenvalue weighted by molar-refractivity contribution is 7.22. The number of benzene rings is 2. The van der Waals surface area contributed by atoms with Crippen molar-refractivity contribution in [2.45, 2.75) is 13.8 Å². The minimum absolute atomic E-state index is 0.0118. The molecule has 2 aromatic carbocycles. The first-order chi connectivity index (χ1) is 11.5. The Balaban J connectivity index is 1.96. The van der Waals surface area contributed by atoms with Crippen LogP contribution in [0.25, 0.3) is 20.5 Å². The van der Waals surface area contributed by atoms with Crippen LogP contribution < -0.4 is 9.47 Å². The second-order valence-electron chi connectivity index (χ2n) is 5.70. The maximum atomic E-state index is 12.3. The highest BCUT2D eigenvalue weighted by Crippen LogP contribution is 2.43. The summed E-state index contributed by atoms with van der Waals surface area (Å²) in [7, 11) is 0. The van der Waals surface area contributed by atoms with Crippen LogP contribution in [-0.2, 0) is 0 Å². The number of rotatable bonds is 3. The Hall–Kier alpha value is -2.66. The average molecular weight is 338 g/mol. The van der Waals surface area contributed by atoms with Crippen LogP contribution in [0.1, 0.15) is 34.6 Å². The number of thiophene rings is 1. The van der Waals surface area contributed by atoms with Crippen LogP contribution in [-0.4, -0.2) is 18.4 Å². The molecule has 0 radical (unpaired) electrons. The van der Waals surface area contributed by atoms with Gasteiger partial charge in [-0.3, -0.25) is 9.59 Å². The summed E-state index contributed by atoms with van der Waals surface area (Å²) in [5.41, 5.74) is 2.17. The Morgan fingerprint density at radius 2 is 1.75 bits per heavy atom. The van der Waals surface area contributed by atoms with Gasteiger partial charge >= 0.3 is 0 Å². The molecule has 0 N–H and O–H groups in total. The first-order valence-electron chi connectivity index (χ1n) is 7.53. The molecule has 0 aliphatic carbocycles. The van der Waals surface area contributed by atoms with Gasteiger partial charge in [0.1, 0.15) is 0 Å². The van der Waals surface area contributed by atoms with E-state index in [4.69, 9.17) is 9.47 Å². The molecule has 0 fully saturated rings. The molecule has 0 spiro atoms. The van der Waals surface area contributed by atoms with Gasteiger partial charge in [-0.05, 0) is 55.8 Å². The molecule has 0 unspecified atom stereocenters. The topological polar surface area (TPSA) is 52.6 Å². The summed E-state index contributed by atoms with van der Waals surface area (Å²) < 4.78 is 11.8. The number of fused-ring (bicyclic) bond motifs is 2. The second kappa shape index (κ2) is 5.46. The van der Waals surface area contributed by atoms with Crippen molar-refractivity contribution >= 4 is 33.0 Å². The second-order valence-corrected chi connectivity index (χ2v) is 6.75. The number of carbonyl (C=O) groups is 2. The maximum absolute atomic E-state index is 12.3. The lowest BCUT2D eigenvalue weighted by Crippen LogP contribution is -1.95. The van der Waals surface area contributed by atoms with Crippen molar-refractivity contribution in [3.05, 3.63) is 47.5 Å². The number of hydrogen-bond donors (Lipinski definition) is 0. The van der Waals surface area contributed by atoms with Crippen LogP contribution >= 0.6 is 11.3 Å². The maximum Gasteiger partial charge on any atom is 0.231 e. The summed E-state index contributed by atoms with van der Waals surface area (Å²) >= 11 is 1.54. The third-order valence-electron chi connectivity index (χ3n) is 4.08. The monoisotopic (exact) mass is 338 g/mol. The molecule has 0 saturated carbocycles. The summed E-state index contributed by atoms with van der Waals surface area (Å²) in [5.74, 6) is 1.36. The first kappa shape index (κ1) is 14.9. The fourth-order valence-electron chi connectivity index (χ4n) is 2.91. The summed E-state index contributed by atoms with van der Waals surface area (Å²) in [6.45, 7) is 3.30. The zero-order valence-corrected chi connectivity index (χ0v) is 14.0. The highest BCUT2D eigenvalue weighted by Gasteiger charge is 2.21. The number of carbonyl (C=O) groups excluding carboxylic acids is 2. The smallest absolute Gasteiger partial charge is 0.231 e. The Morgan fingerprint density at radius 3 is 2.50 bits per heavy atom. The van der Waals surface area contributed by atoms with E-state index >= 15 is 0 Å². The third kappa shape index (κ3) is 2.29. The van der Waals surface area contributed by atoms with E-state index in [1.165, 1.54) is 6.92 Å². The van der Waals surface area contributed by atoms with E-state index in [0.717, 1.165) is 20.5 Å². The number of ether oxygens (including phenoxy) is 2. The van der Waals surface area contributed by atoms with Crippen LogP contribution in [0.3, 0.4) is 0 Å². The van der Waals surface area contributed by atoms with E-state index in [2.05, 4.69) is 0 Å². The van der Waals surface area contributed by atoms with Crippen molar-refractivity contribution < 1.29 is 19.1 Å². The molecule has 3 aromatic rings. The van der Waals surface area contributed by atoms with E-state index in [1.54, 1.807) is 30.4 Å². The van der Waals surface area contributed by atoms with Crippen molar-refractivity contribution in [1.29, 1.82) is 0 Å². The molecule has 1 aliphatic heterocycles. The minimum Gasteiger partial charge on any atom is -0.454 e. The molecule has 4 rings (SSSR count). The lowest BCUT2D eigenvalue weighted by molar-refractivity contribution is 0.100. The Morgan fingerprint density at radius 1 is 0.958 bits per heavy atom. The number of ketones is 2. The zero-order valence-electron chi connectivity index (χ0n) is 13.2. The average Bonchev–Trinajstić information content (AvgIpc) is 3.17. The lowest BCUT2D eigenvalue weighted by atomic mass is 10.0. The zero-order chi connectivity index (χ0) is 16.8. The van der Waals surface area contributed by atoms with Gasteiger partial charge in [-0.15, -0.1) is 11.3 Å². The van der Waals surface area contributed by atoms with Gasteiger partial charge in [0.25, 0.3) is 0 Å². The Bertz CT molecular complexity index is 1000. The minimum atomic E-state index is -0.0189. The van der Waals surface area contributed by atoms with E-state index in [0.29, 0.717) is 22.6 Å². The Kier molecular flexibility index (Phi) is 3.39.